The molecular weight excluding hydrogens is 262 g/mol. The van der Waals surface area contributed by atoms with Gasteiger partial charge in [-0.2, -0.15) is 5.26 Å². The van der Waals surface area contributed by atoms with Crippen LogP contribution in [0, 0.1) is 17.2 Å². The van der Waals surface area contributed by atoms with E-state index in [1.807, 2.05) is 18.3 Å². The zero-order chi connectivity index (χ0) is 12.5. The van der Waals surface area contributed by atoms with Gasteiger partial charge in [0, 0.05) is 16.0 Å². The molecule has 2 aromatic heterocycles. The van der Waals surface area contributed by atoms with Crippen molar-refractivity contribution in [3.8, 4) is 6.07 Å². The number of hydrogen-bond donors (Lipinski definition) is 0. The molecule has 5 heteroatoms. The molecule has 0 unspecified atom stereocenters. The number of aromatic nitrogens is 2. The van der Waals surface area contributed by atoms with Crippen LogP contribution in [0.3, 0.4) is 0 Å². The molecular formula is C13H13N3S2. The third-order valence-electron chi connectivity index (χ3n) is 3.16. The Morgan fingerprint density at radius 1 is 1.50 bits per heavy atom. The molecule has 0 amide bonds. The Kier molecular flexibility index (Phi) is 3.23. The van der Waals surface area contributed by atoms with E-state index in [0.29, 0.717) is 0 Å². The molecule has 0 aromatic carbocycles. The van der Waals surface area contributed by atoms with E-state index in [0.717, 1.165) is 22.0 Å². The van der Waals surface area contributed by atoms with Crippen LogP contribution >= 0.6 is 23.1 Å². The van der Waals surface area contributed by atoms with E-state index >= 15 is 0 Å². The summed E-state index contributed by atoms with van der Waals surface area (Å²) in [6.45, 7) is 1.95. The van der Waals surface area contributed by atoms with Gasteiger partial charge in [0.05, 0.1) is 12.0 Å². The second-order valence-electron chi connectivity index (χ2n) is 4.56. The van der Waals surface area contributed by atoms with E-state index in [-0.39, 0.29) is 5.92 Å². The molecule has 2 heterocycles. The Morgan fingerprint density at radius 3 is 3.22 bits per heavy atom. The van der Waals surface area contributed by atoms with Crippen LogP contribution in [-0.4, -0.2) is 15.7 Å². The molecule has 1 atom stereocenters. The first kappa shape index (κ1) is 11.9. The van der Waals surface area contributed by atoms with Crippen molar-refractivity contribution in [3.63, 3.8) is 0 Å². The van der Waals surface area contributed by atoms with Crippen molar-refractivity contribution in [2.24, 2.45) is 5.92 Å². The number of rotatable bonds is 3. The van der Waals surface area contributed by atoms with E-state index in [2.05, 4.69) is 16.0 Å². The molecule has 0 saturated heterocycles. The molecule has 1 aliphatic carbocycles. The van der Waals surface area contributed by atoms with E-state index in [1.54, 1.807) is 18.1 Å². The summed E-state index contributed by atoms with van der Waals surface area (Å²) >= 11 is 3.50. The van der Waals surface area contributed by atoms with Gasteiger partial charge < -0.3 is 0 Å². The van der Waals surface area contributed by atoms with Gasteiger partial charge in [0.25, 0.3) is 0 Å². The van der Waals surface area contributed by atoms with Gasteiger partial charge in [0.15, 0.2) is 0 Å². The lowest BCUT2D eigenvalue weighted by atomic mass is 10.2. The summed E-state index contributed by atoms with van der Waals surface area (Å²) in [6, 6.07) is 2.27. The fraction of sp³-hybridized carbons (Fsp3) is 0.462. The van der Waals surface area contributed by atoms with Gasteiger partial charge in [-0.05, 0) is 31.7 Å². The molecule has 1 aliphatic rings. The first-order chi connectivity index (χ1) is 8.79. The maximum absolute atomic E-state index is 8.85. The monoisotopic (exact) mass is 275 g/mol. The fourth-order valence-electron chi connectivity index (χ4n) is 2.25. The average molecular weight is 275 g/mol. The van der Waals surface area contributed by atoms with Crippen molar-refractivity contribution in [1.29, 1.82) is 5.26 Å². The number of thiophene rings is 1. The number of thioether (sulfide) groups is 1. The summed E-state index contributed by atoms with van der Waals surface area (Å²) in [7, 11) is 0. The van der Waals surface area contributed by atoms with Crippen molar-refractivity contribution in [2.75, 3.05) is 5.75 Å². The molecule has 92 valence electrons. The third-order valence-corrected chi connectivity index (χ3v) is 5.61. The topological polar surface area (TPSA) is 49.6 Å². The minimum Gasteiger partial charge on any atom is -0.229 e. The molecule has 0 radical (unpaired) electrons. The van der Waals surface area contributed by atoms with E-state index in [1.165, 1.54) is 28.7 Å². The normalized spacial score (nSPS) is 15.6. The SMILES string of the molecule is C[C@H](C#N)CSc1ncnc2sc3c(c12)CCC3. The van der Waals surface area contributed by atoms with Gasteiger partial charge in [-0.1, -0.05) is 0 Å². The zero-order valence-electron chi connectivity index (χ0n) is 10.1. The van der Waals surface area contributed by atoms with Crippen LogP contribution in [0.5, 0.6) is 0 Å². The maximum atomic E-state index is 8.85. The van der Waals surface area contributed by atoms with Gasteiger partial charge in [-0.25, -0.2) is 9.97 Å². The standard InChI is InChI=1S/C13H13N3S2/c1-8(5-14)6-17-12-11-9-3-2-4-10(9)18-13(11)16-7-15-12/h7-8H,2-4,6H2,1H3/t8-/m1/s1. The Labute approximate surface area is 114 Å². The molecule has 18 heavy (non-hydrogen) atoms. The number of nitrogens with zero attached hydrogens (tertiary/aromatic N) is 3. The van der Waals surface area contributed by atoms with Crippen LogP contribution in [0.15, 0.2) is 11.4 Å². The lowest BCUT2D eigenvalue weighted by Gasteiger charge is -2.04. The van der Waals surface area contributed by atoms with Gasteiger partial charge in [-0.15, -0.1) is 23.1 Å². The van der Waals surface area contributed by atoms with E-state index in [9.17, 15) is 0 Å². The fourth-order valence-corrected chi connectivity index (χ4v) is 4.51. The Hall–Kier alpha value is -1.12. The molecule has 3 rings (SSSR count). The minimum atomic E-state index is 0.0618. The van der Waals surface area contributed by atoms with Gasteiger partial charge in [0.2, 0.25) is 0 Å². The minimum absolute atomic E-state index is 0.0618. The van der Waals surface area contributed by atoms with Crippen molar-refractivity contribution in [3.05, 3.63) is 16.8 Å². The van der Waals surface area contributed by atoms with Gasteiger partial charge in [-0.3, -0.25) is 0 Å². The van der Waals surface area contributed by atoms with E-state index < -0.39 is 0 Å². The van der Waals surface area contributed by atoms with Crippen molar-refractivity contribution < 1.29 is 0 Å². The highest BCUT2D eigenvalue weighted by Gasteiger charge is 2.21. The Morgan fingerprint density at radius 2 is 2.39 bits per heavy atom. The second kappa shape index (κ2) is 4.87. The Bertz CT molecular complexity index is 627. The van der Waals surface area contributed by atoms with Crippen molar-refractivity contribution >= 4 is 33.3 Å². The van der Waals surface area contributed by atoms with Crippen molar-refractivity contribution in [1.82, 2.24) is 9.97 Å². The highest BCUT2D eigenvalue weighted by molar-refractivity contribution is 7.99. The highest BCUT2D eigenvalue weighted by atomic mass is 32.2. The molecule has 0 spiro atoms. The maximum Gasteiger partial charge on any atom is 0.128 e. The van der Waals surface area contributed by atoms with E-state index in [4.69, 9.17) is 5.26 Å². The van der Waals surface area contributed by atoms with Crippen LogP contribution in [0.2, 0.25) is 0 Å². The number of aryl methyl sites for hydroxylation is 2. The molecule has 2 aromatic rings. The van der Waals surface area contributed by atoms with Crippen LogP contribution in [0.1, 0.15) is 23.8 Å². The first-order valence-corrected chi connectivity index (χ1v) is 7.87. The number of hydrogen-bond acceptors (Lipinski definition) is 5. The second-order valence-corrected chi connectivity index (χ2v) is 6.65. The summed E-state index contributed by atoms with van der Waals surface area (Å²) in [4.78, 5) is 11.4. The Balaban J connectivity index is 1.99. The van der Waals surface area contributed by atoms with Crippen LogP contribution < -0.4 is 0 Å². The zero-order valence-corrected chi connectivity index (χ0v) is 11.8. The van der Waals surface area contributed by atoms with Crippen molar-refractivity contribution in [2.45, 2.75) is 31.2 Å². The summed E-state index contributed by atoms with van der Waals surface area (Å²) in [6.07, 6.45) is 5.25. The van der Waals surface area contributed by atoms with Crippen LogP contribution in [-0.2, 0) is 12.8 Å². The molecule has 0 aliphatic heterocycles. The first-order valence-electron chi connectivity index (χ1n) is 6.07. The lowest BCUT2D eigenvalue weighted by molar-refractivity contribution is 0.862. The highest BCUT2D eigenvalue weighted by Crippen LogP contribution is 2.40. The molecule has 0 N–H and O–H groups in total. The van der Waals surface area contributed by atoms with Gasteiger partial charge >= 0.3 is 0 Å². The lowest BCUT2D eigenvalue weighted by Crippen LogP contribution is -1.95. The third kappa shape index (κ3) is 2.00. The molecule has 0 saturated carbocycles. The van der Waals surface area contributed by atoms with Crippen LogP contribution in [0.25, 0.3) is 10.2 Å². The molecule has 0 bridgehead atoms. The molecule has 3 nitrogen and oxygen atoms in total. The quantitative estimate of drug-likeness (QED) is 0.636. The predicted octanol–water partition coefficient (Wildman–Crippen LogP) is 3.43. The summed E-state index contributed by atoms with van der Waals surface area (Å²) in [5, 5.41) is 11.2. The number of fused-ring (bicyclic) bond motifs is 3. The summed E-state index contributed by atoms with van der Waals surface area (Å²) < 4.78 is 0. The number of nitriles is 1. The summed E-state index contributed by atoms with van der Waals surface area (Å²) in [5.41, 5.74) is 1.46. The smallest absolute Gasteiger partial charge is 0.128 e. The van der Waals surface area contributed by atoms with Gasteiger partial charge in [0.1, 0.15) is 16.2 Å². The van der Waals surface area contributed by atoms with Crippen LogP contribution in [0.4, 0.5) is 0 Å². The summed E-state index contributed by atoms with van der Waals surface area (Å²) in [5.74, 6) is 0.861. The average Bonchev–Trinajstić information content (AvgIpc) is 2.95. The predicted molar refractivity (Wildman–Crippen MR) is 74.9 cm³/mol. The molecule has 0 fully saturated rings. The largest absolute Gasteiger partial charge is 0.229 e.